The standard InChI is InChI=1S/C20H19F3N2O3/c1-2-28-20(27)14-4-6-18(17(23)12-14)24-7-9-25(10-8-24)19(26)13-3-5-15(21)16(22)11-13/h3-6,11-12H,2,7-10H2,1H3. The number of piperazine rings is 1. The molecule has 148 valence electrons. The number of rotatable bonds is 4. The van der Waals surface area contributed by atoms with Gasteiger partial charge in [0.1, 0.15) is 5.82 Å². The average molecular weight is 392 g/mol. The monoisotopic (exact) mass is 392 g/mol. The van der Waals surface area contributed by atoms with Crippen LogP contribution in [0.5, 0.6) is 0 Å². The minimum absolute atomic E-state index is 0.0670. The Morgan fingerprint density at radius 1 is 0.893 bits per heavy atom. The Balaban J connectivity index is 1.65. The quantitative estimate of drug-likeness (QED) is 0.750. The lowest BCUT2D eigenvalue weighted by Gasteiger charge is -2.36. The van der Waals surface area contributed by atoms with Crippen molar-refractivity contribution >= 4 is 17.6 Å². The molecule has 1 heterocycles. The third kappa shape index (κ3) is 4.11. The Labute approximate surface area is 160 Å². The number of halogens is 3. The van der Waals surface area contributed by atoms with E-state index >= 15 is 0 Å². The number of hydrogen-bond donors (Lipinski definition) is 0. The fraction of sp³-hybridized carbons (Fsp3) is 0.300. The van der Waals surface area contributed by atoms with Gasteiger partial charge in [0.05, 0.1) is 17.9 Å². The first-order valence-electron chi connectivity index (χ1n) is 8.86. The molecule has 0 radical (unpaired) electrons. The van der Waals surface area contributed by atoms with Gasteiger partial charge in [-0.05, 0) is 43.3 Å². The predicted molar refractivity (Wildman–Crippen MR) is 96.8 cm³/mol. The molecule has 1 saturated heterocycles. The Kier molecular flexibility index (Phi) is 5.87. The predicted octanol–water partition coefficient (Wildman–Crippen LogP) is 3.24. The first-order chi connectivity index (χ1) is 13.4. The molecule has 1 aliphatic rings. The van der Waals surface area contributed by atoms with Crippen molar-refractivity contribution in [1.29, 1.82) is 0 Å². The van der Waals surface area contributed by atoms with Gasteiger partial charge in [-0.1, -0.05) is 0 Å². The van der Waals surface area contributed by atoms with Crippen LogP contribution < -0.4 is 4.90 Å². The number of carbonyl (C=O) groups excluding carboxylic acids is 2. The lowest BCUT2D eigenvalue weighted by Crippen LogP contribution is -2.49. The number of carbonyl (C=O) groups is 2. The first kappa shape index (κ1) is 19.7. The van der Waals surface area contributed by atoms with Gasteiger partial charge in [-0.2, -0.15) is 0 Å². The zero-order chi connectivity index (χ0) is 20.3. The van der Waals surface area contributed by atoms with Crippen molar-refractivity contribution in [3.05, 3.63) is 65.0 Å². The highest BCUT2D eigenvalue weighted by atomic mass is 19.2. The highest BCUT2D eigenvalue weighted by Crippen LogP contribution is 2.23. The first-order valence-corrected chi connectivity index (χ1v) is 8.86. The van der Waals surface area contributed by atoms with E-state index in [1.54, 1.807) is 11.8 Å². The van der Waals surface area contributed by atoms with Gasteiger partial charge < -0.3 is 14.5 Å². The molecule has 28 heavy (non-hydrogen) atoms. The molecule has 0 saturated carbocycles. The topological polar surface area (TPSA) is 49.9 Å². The van der Waals surface area contributed by atoms with E-state index in [0.29, 0.717) is 31.9 Å². The molecule has 0 spiro atoms. The summed E-state index contributed by atoms with van der Waals surface area (Å²) in [7, 11) is 0. The summed E-state index contributed by atoms with van der Waals surface area (Å²) in [5, 5.41) is 0. The molecule has 0 atom stereocenters. The lowest BCUT2D eigenvalue weighted by atomic mass is 10.1. The molecule has 0 N–H and O–H groups in total. The van der Waals surface area contributed by atoms with Crippen molar-refractivity contribution in [3.8, 4) is 0 Å². The summed E-state index contributed by atoms with van der Waals surface area (Å²) in [6, 6.07) is 7.16. The van der Waals surface area contributed by atoms with Gasteiger partial charge in [0, 0.05) is 31.7 Å². The van der Waals surface area contributed by atoms with Crippen LogP contribution in [0.2, 0.25) is 0 Å². The highest BCUT2D eigenvalue weighted by Gasteiger charge is 2.24. The average Bonchev–Trinajstić information content (AvgIpc) is 2.70. The van der Waals surface area contributed by atoms with Crippen LogP contribution in [0.25, 0.3) is 0 Å². The van der Waals surface area contributed by atoms with E-state index in [1.807, 2.05) is 0 Å². The van der Waals surface area contributed by atoms with Gasteiger partial charge in [0.15, 0.2) is 11.6 Å². The van der Waals surface area contributed by atoms with Gasteiger partial charge in [-0.15, -0.1) is 0 Å². The van der Waals surface area contributed by atoms with Crippen LogP contribution in [0.15, 0.2) is 36.4 Å². The molecule has 1 fully saturated rings. The van der Waals surface area contributed by atoms with E-state index in [9.17, 15) is 22.8 Å². The smallest absolute Gasteiger partial charge is 0.338 e. The van der Waals surface area contributed by atoms with Crippen LogP contribution >= 0.6 is 0 Å². The van der Waals surface area contributed by atoms with Gasteiger partial charge in [-0.25, -0.2) is 18.0 Å². The van der Waals surface area contributed by atoms with Crippen LogP contribution in [0.4, 0.5) is 18.9 Å². The van der Waals surface area contributed by atoms with Crippen molar-refractivity contribution in [2.24, 2.45) is 0 Å². The second-order valence-electron chi connectivity index (χ2n) is 6.29. The highest BCUT2D eigenvalue weighted by molar-refractivity contribution is 5.94. The third-order valence-electron chi connectivity index (χ3n) is 4.53. The van der Waals surface area contributed by atoms with E-state index in [4.69, 9.17) is 4.74 Å². The summed E-state index contributed by atoms with van der Waals surface area (Å²) in [5.41, 5.74) is 0.528. The van der Waals surface area contributed by atoms with E-state index < -0.39 is 29.3 Å². The fourth-order valence-electron chi connectivity index (χ4n) is 3.07. The van der Waals surface area contributed by atoms with Crippen molar-refractivity contribution in [3.63, 3.8) is 0 Å². The Bertz CT molecular complexity index is 896. The van der Waals surface area contributed by atoms with Gasteiger partial charge in [0.2, 0.25) is 0 Å². The summed E-state index contributed by atoms with van der Waals surface area (Å²) < 4.78 is 45.7. The van der Waals surface area contributed by atoms with E-state index in [0.717, 1.165) is 18.2 Å². The SMILES string of the molecule is CCOC(=O)c1ccc(N2CCN(C(=O)c3ccc(F)c(F)c3)CC2)c(F)c1. The van der Waals surface area contributed by atoms with E-state index in [-0.39, 0.29) is 17.7 Å². The summed E-state index contributed by atoms with van der Waals surface area (Å²) >= 11 is 0. The van der Waals surface area contributed by atoms with Gasteiger partial charge in [-0.3, -0.25) is 4.79 Å². The molecule has 2 aromatic carbocycles. The van der Waals surface area contributed by atoms with E-state index in [2.05, 4.69) is 0 Å². The minimum atomic E-state index is -1.08. The molecule has 3 rings (SSSR count). The van der Waals surface area contributed by atoms with Crippen molar-refractivity contribution in [2.75, 3.05) is 37.7 Å². The maximum Gasteiger partial charge on any atom is 0.338 e. The van der Waals surface area contributed by atoms with Gasteiger partial charge in [0.25, 0.3) is 5.91 Å². The summed E-state index contributed by atoms with van der Waals surface area (Å²) in [5.74, 6) is -3.63. The zero-order valence-corrected chi connectivity index (χ0v) is 15.3. The van der Waals surface area contributed by atoms with Crippen LogP contribution in [0, 0.1) is 17.5 Å². The number of ether oxygens (including phenoxy) is 1. The molecule has 5 nitrogen and oxygen atoms in total. The van der Waals surface area contributed by atoms with E-state index in [1.165, 1.54) is 23.1 Å². The molecule has 0 unspecified atom stereocenters. The summed E-state index contributed by atoms with van der Waals surface area (Å²) in [6.45, 7) is 3.21. The molecule has 0 aliphatic carbocycles. The van der Waals surface area contributed by atoms with Crippen LogP contribution in [-0.2, 0) is 4.74 Å². The third-order valence-corrected chi connectivity index (χ3v) is 4.53. The summed E-state index contributed by atoms with van der Waals surface area (Å²) in [4.78, 5) is 27.4. The largest absolute Gasteiger partial charge is 0.462 e. The lowest BCUT2D eigenvalue weighted by molar-refractivity contribution is 0.0525. The number of esters is 1. The maximum atomic E-state index is 14.4. The fourth-order valence-corrected chi connectivity index (χ4v) is 3.07. The normalized spacial score (nSPS) is 14.1. The maximum absolute atomic E-state index is 14.4. The minimum Gasteiger partial charge on any atom is -0.462 e. The Morgan fingerprint density at radius 2 is 1.54 bits per heavy atom. The molecule has 2 aromatic rings. The molecule has 1 amide bonds. The number of nitrogens with zero attached hydrogens (tertiary/aromatic N) is 2. The second kappa shape index (κ2) is 8.33. The van der Waals surface area contributed by atoms with Crippen LogP contribution in [0.1, 0.15) is 27.6 Å². The molecule has 0 aromatic heterocycles. The second-order valence-corrected chi connectivity index (χ2v) is 6.29. The molecule has 1 aliphatic heterocycles. The van der Waals surface area contributed by atoms with Crippen LogP contribution in [-0.4, -0.2) is 49.6 Å². The zero-order valence-electron chi connectivity index (χ0n) is 15.3. The van der Waals surface area contributed by atoms with Crippen molar-refractivity contribution < 1.29 is 27.5 Å². The Hall–Kier alpha value is -3.03. The number of hydrogen-bond acceptors (Lipinski definition) is 4. The van der Waals surface area contributed by atoms with Crippen molar-refractivity contribution in [2.45, 2.75) is 6.92 Å². The molecule has 0 bridgehead atoms. The van der Waals surface area contributed by atoms with Crippen LogP contribution in [0.3, 0.4) is 0 Å². The number of anilines is 1. The Morgan fingerprint density at radius 3 is 2.14 bits per heavy atom. The molecular weight excluding hydrogens is 373 g/mol. The summed E-state index contributed by atoms with van der Waals surface area (Å²) in [6.07, 6.45) is 0. The van der Waals surface area contributed by atoms with Crippen molar-refractivity contribution in [1.82, 2.24) is 4.90 Å². The molecular formula is C20H19F3N2O3. The van der Waals surface area contributed by atoms with Gasteiger partial charge >= 0.3 is 5.97 Å². The number of benzene rings is 2. The molecule has 8 heteroatoms. The number of amides is 1.